The topological polar surface area (TPSA) is 60.2 Å². The SMILES string of the molecule is CCOC(=O)CCCSc1nnc(N2CCCC2)n1-c1cccc(Cl)c1. The van der Waals surface area contributed by atoms with Crippen molar-refractivity contribution in [1.82, 2.24) is 14.8 Å². The molecule has 2 heterocycles. The molecule has 1 fully saturated rings. The molecule has 2 aromatic rings. The van der Waals surface area contributed by atoms with Crippen LogP contribution in [0.5, 0.6) is 0 Å². The monoisotopic (exact) mass is 394 g/mol. The molecule has 1 aromatic heterocycles. The Bertz CT molecular complexity index is 747. The van der Waals surface area contributed by atoms with Gasteiger partial charge in [0, 0.05) is 30.3 Å². The van der Waals surface area contributed by atoms with Crippen molar-refractivity contribution in [3.63, 3.8) is 0 Å². The maximum absolute atomic E-state index is 11.5. The molecule has 8 heteroatoms. The fourth-order valence-corrected chi connectivity index (χ4v) is 4.00. The number of halogens is 1. The van der Waals surface area contributed by atoms with Gasteiger partial charge in [-0.1, -0.05) is 29.4 Å². The second-order valence-electron chi connectivity index (χ2n) is 6.05. The van der Waals surface area contributed by atoms with E-state index in [4.69, 9.17) is 16.3 Å². The summed E-state index contributed by atoms with van der Waals surface area (Å²) in [6.45, 7) is 4.23. The van der Waals surface area contributed by atoms with Crippen LogP contribution in [0, 0.1) is 0 Å². The van der Waals surface area contributed by atoms with Gasteiger partial charge in [-0.2, -0.15) is 0 Å². The molecule has 0 atom stereocenters. The van der Waals surface area contributed by atoms with Crippen LogP contribution in [0.3, 0.4) is 0 Å². The average molecular weight is 395 g/mol. The number of rotatable bonds is 8. The molecule has 0 unspecified atom stereocenters. The number of benzene rings is 1. The van der Waals surface area contributed by atoms with Gasteiger partial charge < -0.3 is 9.64 Å². The quantitative estimate of drug-likeness (QED) is 0.383. The molecule has 0 saturated carbocycles. The van der Waals surface area contributed by atoms with E-state index in [1.165, 1.54) is 12.8 Å². The molecule has 1 aliphatic heterocycles. The van der Waals surface area contributed by atoms with Gasteiger partial charge in [0.05, 0.1) is 12.3 Å². The van der Waals surface area contributed by atoms with E-state index < -0.39 is 0 Å². The summed E-state index contributed by atoms with van der Waals surface area (Å²) in [7, 11) is 0. The maximum Gasteiger partial charge on any atom is 0.305 e. The van der Waals surface area contributed by atoms with E-state index in [0.717, 1.165) is 42.1 Å². The van der Waals surface area contributed by atoms with Gasteiger partial charge in [-0.25, -0.2) is 0 Å². The number of anilines is 1. The highest BCUT2D eigenvalue weighted by molar-refractivity contribution is 7.99. The summed E-state index contributed by atoms with van der Waals surface area (Å²) in [5.74, 6) is 1.48. The lowest BCUT2D eigenvalue weighted by molar-refractivity contribution is -0.143. The summed E-state index contributed by atoms with van der Waals surface area (Å²) in [6.07, 6.45) is 3.50. The summed E-state index contributed by atoms with van der Waals surface area (Å²) in [6, 6.07) is 7.72. The zero-order chi connectivity index (χ0) is 18.4. The van der Waals surface area contributed by atoms with Crippen molar-refractivity contribution in [2.24, 2.45) is 0 Å². The van der Waals surface area contributed by atoms with Crippen LogP contribution >= 0.6 is 23.4 Å². The molecule has 0 radical (unpaired) electrons. The molecule has 6 nitrogen and oxygen atoms in total. The number of ether oxygens (including phenoxy) is 1. The number of aromatic nitrogens is 3. The van der Waals surface area contributed by atoms with Gasteiger partial charge in [0.1, 0.15) is 0 Å². The summed E-state index contributed by atoms with van der Waals surface area (Å²) in [5.41, 5.74) is 0.956. The van der Waals surface area contributed by atoms with E-state index in [-0.39, 0.29) is 5.97 Å². The first kappa shape index (κ1) is 19.0. The summed E-state index contributed by atoms with van der Waals surface area (Å²) in [4.78, 5) is 13.7. The average Bonchev–Trinajstić information content (AvgIpc) is 3.28. The number of thioether (sulfide) groups is 1. The molecule has 1 aromatic carbocycles. The van der Waals surface area contributed by atoms with Crippen LogP contribution in [0.25, 0.3) is 5.69 Å². The van der Waals surface area contributed by atoms with Gasteiger partial charge in [-0.15, -0.1) is 10.2 Å². The Kier molecular flexibility index (Phi) is 6.80. The molecule has 0 aliphatic carbocycles. The van der Waals surface area contributed by atoms with Crippen molar-refractivity contribution >= 4 is 35.3 Å². The molecule has 3 rings (SSSR count). The van der Waals surface area contributed by atoms with Gasteiger partial charge in [0.2, 0.25) is 5.95 Å². The summed E-state index contributed by atoms with van der Waals surface area (Å²) < 4.78 is 7.03. The Morgan fingerprint density at radius 1 is 1.31 bits per heavy atom. The zero-order valence-corrected chi connectivity index (χ0v) is 16.4. The highest BCUT2D eigenvalue weighted by atomic mass is 35.5. The van der Waals surface area contributed by atoms with Crippen LogP contribution in [0.4, 0.5) is 5.95 Å². The molecular weight excluding hydrogens is 372 g/mol. The number of nitrogens with zero attached hydrogens (tertiary/aromatic N) is 4. The lowest BCUT2D eigenvalue weighted by atomic mass is 10.3. The number of carbonyl (C=O) groups is 1. The third kappa shape index (κ3) is 4.71. The van der Waals surface area contributed by atoms with Crippen molar-refractivity contribution in [1.29, 1.82) is 0 Å². The van der Waals surface area contributed by atoms with E-state index in [0.29, 0.717) is 18.1 Å². The zero-order valence-electron chi connectivity index (χ0n) is 14.9. The molecule has 0 spiro atoms. The summed E-state index contributed by atoms with van der Waals surface area (Å²) >= 11 is 7.79. The second kappa shape index (κ2) is 9.28. The van der Waals surface area contributed by atoms with E-state index in [2.05, 4.69) is 19.7 Å². The Morgan fingerprint density at radius 2 is 2.12 bits per heavy atom. The van der Waals surface area contributed by atoms with Crippen LogP contribution in [0.1, 0.15) is 32.6 Å². The van der Waals surface area contributed by atoms with E-state index in [9.17, 15) is 4.79 Å². The Morgan fingerprint density at radius 3 is 2.85 bits per heavy atom. The predicted molar refractivity (Wildman–Crippen MR) is 104 cm³/mol. The van der Waals surface area contributed by atoms with Crippen molar-refractivity contribution in [3.05, 3.63) is 29.3 Å². The van der Waals surface area contributed by atoms with Crippen LogP contribution in [0.15, 0.2) is 29.4 Å². The highest BCUT2D eigenvalue weighted by Crippen LogP contribution is 2.30. The van der Waals surface area contributed by atoms with Crippen LogP contribution in [0.2, 0.25) is 5.02 Å². The number of carbonyl (C=O) groups excluding carboxylic acids is 1. The lowest BCUT2D eigenvalue weighted by Crippen LogP contribution is -2.22. The highest BCUT2D eigenvalue weighted by Gasteiger charge is 2.22. The van der Waals surface area contributed by atoms with Crippen molar-refractivity contribution in [2.75, 3.05) is 30.3 Å². The van der Waals surface area contributed by atoms with Crippen molar-refractivity contribution in [2.45, 2.75) is 37.8 Å². The smallest absolute Gasteiger partial charge is 0.305 e. The van der Waals surface area contributed by atoms with Gasteiger partial charge >= 0.3 is 5.97 Å². The third-order valence-corrected chi connectivity index (χ3v) is 5.38. The maximum atomic E-state index is 11.5. The van der Waals surface area contributed by atoms with E-state index >= 15 is 0 Å². The first-order chi connectivity index (χ1) is 12.7. The van der Waals surface area contributed by atoms with Crippen LogP contribution < -0.4 is 4.90 Å². The van der Waals surface area contributed by atoms with Crippen molar-refractivity contribution in [3.8, 4) is 5.69 Å². The minimum atomic E-state index is -0.151. The minimum absolute atomic E-state index is 0.151. The minimum Gasteiger partial charge on any atom is -0.466 e. The fourth-order valence-electron chi connectivity index (χ4n) is 2.93. The molecule has 26 heavy (non-hydrogen) atoms. The number of esters is 1. The predicted octanol–water partition coefficient (Wildman–Crippen LogP) is 3.96. The first-order valence-electron chi connectivity index (χ1n) is 8.93. The number of hydrogen-bond donors (Lipinski definition) is 0. The van der Waals surface area contributed by atoms with Crippen molar-refractivity contribution < 1.29 is 9.53 Å². The molecule has 1 saturated heterocycles. The molecule has 1 aliphatic rings. The van der Waals surface area contributed by atoms with Gasteiger partial charge in [-0.3, -0.25) is 9.36 Å². The number of hydrogen-bond acceptors (Lipinski definition) is 6. The fraction of sp³-hybridized carbons (Fsp3) is 0.500. The lowest BCUT2D eigenvalue weighted by Gasteiger charge is -2.18. The van der Waals surface area contributed by atoms with E-state index in [1.54, 1.807) is 11.8 Å². The van der Waals surface area contributed by atoms with Crippen LogP contribution in [-0.2, 0) is 9.53 Å². The standard InChI is InChI=1S/C18H23ClN4O2S/c1-2-25-16(24)9-6-12-26-18-21-20-17(22-10-3-4-11-22)23(18)15-8-5-7-14(19)13-15/h5,7-8,13H,2-4,6,9-12H2,1H3. The van der Waals surface area contributed by atoms with Gasteiger partial charge in [-0.05, 0) is 44.4 Å². The largest absolute Gasteiger partial charge is 0.466 e. The molecule has 0 amide bonds. The molecular formula is C18H23ClN4O2S. The molecule has 0 bridgehead atoms. The molecule has 0 N–H and O–H groups in total. The summed E-state index contributed by atoms with van der Waals surface area (Å²) in [5, 5.41) is 10.3. The molecule has 140 valence electrons. The van der Waals surface area contributed by atoms with Gasteiger partial charge in [0.15, 0.2) is 5.16 Å². The normalized spacial score (nSPS) is 14.0. The van der Waals surface area contributed by atoms with E-state index in [1.807, 2.05) is 31.2 Å². The second-order valence-corrected chi connectivity index (χ2v) is 7.55. The van der Waals surface area contributed by atoms with Crippen LogP contribution in [-0.4, -0.2) is 46.2 Å². The van der Waals surface area contributed by atoms with Gasteiger partial charge in [0.25, 0.3) is 0 Å². The Hall–Kier alpha value is -1.73. The Balaban J connectivity index is 1.75. The third-order valence-electron chi connectivity index (χ3n) is 4.13. The first-order valence-corrected chi connectivity index (χ1v) is 10.3. The Labute approximate surface area is 162 Å².